The monoisotopic (exact) mass is 301 g/mol. The first kappa shape index (κ1) is 14.6. The lowest BCUT2D eigenvalue weighted by molar-refractivity contribution is -0.127. The predicted molar refractivity (Wildman–Crippen MR) is 77.7 cm³/mol. The zero-order chi connectivity index (χ0) is 14.0. The summed E-state index contributed by atoms with van der Waals surface area (Å²) in [6.07, 6.45) is 0.349. The van der Waals surface area contributed by atoms with Crippen molar-refractivity contribution in [1.82, 2.24) is 0 Å². The number of anilines is 1. The van der Waals surface area contributed by atoms with Crippen LogP contribution in [0.4, 0.5) is 5.69 Å². The van der Waals surface area contributed by atoms with E-state index in [2.05, 4.69) is 5.32 Å². The van der Waals surface area contributed by atoms with Crippen molar-refractivity contribution >= 4 is 34.8 Å². The summed E-state index contributed by atoms with van der Waals surface area (Å²) < 4.78 is 0. The van der Waals surface area contributed by atoms with E-state index in [1.165, 1.54) is 0 Å². The van der Waals surface area contributed by atoms with Crippen molar-refractivity contribution in [3.05, 3.63) is 30.3 Å². The van der Waals surface area contributed by atoms with Crippen molar-refractivity contribution < 1.29 is 9.90 Å². The third-order valence-corrected chi connectivity index (χ3v) is 5.19. The molecule has 2 rings (SSSR count). The van der Waals surface area contributed by atoms with Gasteiger partial charge in [0, 0.05) is 5.69 Å². The highest BCUT2D eigenvalue weighted by Gasteiger charge is 2.49. The first-order valence-corrected chi connectivity index (χ1v) is 7.15. The minimum absolute atomic E-state index is 0.156. The minimum Gasteiger partial charge on any atom is -0.392 e. The van der Waals surface area contributed by atoms with Crippen LogP contribution in [0.3, 0.4) is 0 Å². The van der Waals surface area contributed by atoms with Crippen LogP contribution in [-0.2, 0) is 4.79 Å². The van der Waals surface area contributed by atoms with Crippen LogP contribution in [0.25, 0.3) is 0 Å². The number of nitrogens with one attached hydrogen (secondary N) is 1. The Kier molecular flexibility index (Phi) is 4.39. The smallest absolute Gasteiger partial charge is 0.231 e. The minimum atomic E-state index is -0.775. The van der Waals surface area contributed by atoms with Crippen molar-refractivity contribution in [1.29, 1.82) is 0 Å². The second-order valence-corrected chi connectivity index (χ2v) is 6.16. The standard InChI is InChI=1S/C14H17Cl2NO2/c1-14(8-7-10(18)11(15)12(14)16)13(19)17-9-5-3-2-4-6-9/h2-6,10-12,18H,7-8H2,1H3,(H,17,19). The lowest BCUT2D eigenvalue weighted by Gasteiger charge is -2.41. The van der Waals surface area contributed by atoms with Crippen LogP contribution in [0, 0.1) is 5.41 Å². The van der Waals surface area contributed by atoms with E-state index in [0.29, 0.717) is 12.8 Å². The number of alkyl halides is 2. The largest absolute Gasteiger partial charge is 0.392 e. The summed E-state index contributed by atoms with van der Waals surface area (Å²) in [5.74, 6) is -0.156. The number of carbonyl (C=O) groups is 1. The molecular weight excluding hydrogens is 285 g/mol. The van der Waals surface area contributed by atoms with Crippen LogP contribution in [0.15, 0.2) is 30.3 Å². The van der Waals surface area contributed by atoms with Gasteiger partial charge < -0.3 is 10.4 Å². The molecule has 4 atom stereocenters. The predicted octanol–water partition coefficient (Wildman–Crippen LogP) is 3.00. The van der Waals surface area contributed by atoms with Crippen molar-refractivity contribution in [3.63, 3.8) is 0 Å². The SMILES string of the molecule is CC1(C(=O)Nc2ccccc2)CCC(O)C(Cl)C1Cl. The first-order chi connectivity index (χ1) is 8.95. The molecule has 2 N–H and O–H groups in total. The summed E-state index contributed by atoms with van der Waals surface area (Å²) in [5, 5.41) is 11.4. The van der Waals surface area contributed by atoms with Gasteiger partial charge in [-0.25, -0.2) is 0 Å². The quantitative estimate of drug-likeness (QED) is 0.825. The lowest BCUT2D eigenvalue weighted by Crippen LogP contribution is -2.52. The van der Waals surface area contributed by atoms with Crippen LogP contribution in [-0.4, -0.2) is 27.9 Å². The maximum Gasteiger partial charge on any atom is 0.231 e. The fraction of sp³-hybridized carbons (Fsp3) is 0.500. The number of benzene rings is 1. The molecule has 5 heteroatoms. The van der Waals surface area contributed by atoms with Gasteiger partial charge in [0.15, 0.2) is 0 Å². The molecule has 1 saturated carbocycles. The summed E-state index contributed by atoms with van der Waals surface area (Å²) in [7, 11) is 0. The van der Waals surface area contributed by atoms with Gasteiger partial charge in [-0.15, -0.1) is 23.2 Å². The Hall–Kier alpha value is -0.770. The van der Waals surface area contributed by atoms with Crippen molar-refractivity contribution in [2.75, 3.05) is 5.32 Å². The molecule has 1 aliphatic carbocycles. The van der Waals surface area contributed by atoms with Gasteiger partial charge >= 0.3 is 0 Å². The summed E-state index contributed by atoms with van der Waals surface area (Å²) in [5.41, 5.74) is -0.0434. The third-order valence-electron chi connectivity index (χ3n) is 3.77. The average Bonchev–Trinajstić information content (AvgIpc) is 2.42. The number of halogens is 2. The maximum absolute atomic E-state index is 12.4. The van der Waals surface area contributed by atoms with Gasteiger partial charge in [-0.05, 0) is 31.9 Å². The van der Waals surface area contributed by atoms with E-state index >= 15 is 0 Å². The second kappa shape index (κ2) is 5.70. The summed E-state index contributed by atoms with van der Waals surface area (Å²) in [6.45, 7) is 1.80. The normalized spacial score (nSPS) is 34.8. The summed E-state index contributed by atoms with van der Waals surface area (Å²) in [6, 6.07) is 9.23. The highest BCUT2D eigenvalue weighted by atomic mass is 35.5. The second-order valence-electron chi connectivity index (χ2n) is 5.19. The van der Waals surface area contributed by atoms with Crippen LogP contribution in [0.5, 0.6) is 0 Å². The number of para-hydroxylation sites is 1. The first-order valence-electron chi connectivity index (χ1n) is 6.28. The molecule has 1 aromatic carbocycles. The maximum atomic E-state index is 12.4. The van der Waals surface area contributed by atoms with Gasteiger partial charge in [0.25, 0.3) is 0 Å². The topological polar surface area (TPSA) is 49.3 Å². The number of aliphatic hydroxyl groups excluding tert-OH is 1. The van der Waals surface area contributed by atoms with E-state index in [1.807, 2.05) is 30.3 Å². The molecule has 0 saturated heterocycles. The molecule has 0 aliphatic heterocycles. The van der Waals surface area contributed by atoms with Gasteiger partial charge in [0.2, 0.25) is 5.91 Å². The molecule has 0 bridgehead atoms. The Labute approximate surface area is 122 Å². The van der Waals surface area contributed by atoms with Crippen molar-refractivity contribution in [2.24, 2.45) is 5.41 Å². The molecule has 1 aliphatic rings. The zero-order valence-corrected chi connectivity index (χ0v) is 12.2. The zero-order valence-electron chi connectivity index (χ0n) is 10.6. The molecule has 0 heterocycles. The number of amides is 1. The number of carbonyl (C=O) groups excluding carboxylic acids is 1. The summed E-state index contributed by atoms with van der Waals surface area (Å²) in [4.78, 5) is 12.4. The molecule has 0 aromatic heterocycles. The molecule has 4 unspecified atom stereocenters. The van der Waals surface area contributed by atoms with Gasteiger partial charge in [-0.1, -0.05) is 18.2 Å². The van der Waals surface area contributed by atoms with Crippen molar-refractivity contribution in [3.8, 4) is 0 Å². The molecule has 104 valence electrons. The van der Waals surface area contributed by atoms with E-state index in [-0.39, 0.29) is 5.91 Å². The molecule has 3 nitrogen and oxygen atoms in total. The number of aliphatic hydroxyl groups is 1. The Balaban J connectivity index is 2.13. The molecule has 0 spiro atoms. The third kappa shape index (κ3) is 2.88. The number of hydrogen-bond acceptors (Lipinski definition) is 2. The number of hydrogen-bond donors (Lipinski definition) is 2. The molecule has 1 aromatic rings. The van der Waals surface area contributed by atoms with Crippen LogP contribution < -0.4 is 5.32 Å². The summed E-state index contributed by atoms with van der Waals surface area (Å²) >= 11 is 12.4. The van der Waals surface area contributed by atoms with Crippen LogP contribution in [0.1, 0.15) is 19.8 Å². The Bertz CT molecular complexity index is 454. The number of rotatable bonds is 2. The highest BCUT2D eigenvalue weighted by Crippen LogP contribution is 2.42. The Morgan fingerprint density at radius 3 is 2.63 bits per heavy atom. The lowest BCUT2D eigenvalue weighted by atomic mass is 9.73. The average molecular weight is 302 g/mol. The van der Waals surface area contributed by atoms with Crippen molar-refractivity contribution in [2.45, 2.75) is 36.6 Å². The van der Waals surface area contributed by atoms with E-state index in [4.69, 9.17) is 23.2 Å². The van der Waals surface area contributed by atoms with Crippen LogP contribution in [0.2, 0.25) is 0 Å². The fourth-order valence-corrected chi connectivity index (χ4v) is 3.11. The van der Waals surface area contributed by atoms with Gasteiger partial charge in [0.1, 0.15) is 0 Å². The van der Waals surface area contributed by atoms with E-state index in [1.54, 1.807) is 6.92 Å². The van der Waals surface area contributed by atoms with Gasteiger partial charge in [-0.2, -0.15) is 0 Å². The molecule has 1 amide bonds. The van der Waals surface area contributed by atoms with Gasteiger partial charge in [0.05, 0.1) is 22.3 Å². The molecule has 0 radical (unpaired) electrons. The Morgan fingerprint density at radius 1 is 1.37 bits per heavy atom. The molecular formula is C14H17Cl2NO2. The van der Waals surface area contributed by atoms with E-state index < -0.39 is 22.3 Å². The fourth-order valence-electron chi connectivity index (χ4n) is 2.33. The van der Waals surface area contributed by atoms with E-state index in [0.717, 1.165) is 5.69 Å². The van der Waals surface area contributed by atoms with Gasteiger partial charge in [-0.3, -0.25) is 4.79 Å². The molecule has 1 fully saturated rings. The molecule has 19 heavy (non-hydrogen) atoms. The Morgan fingerprint density at radius 2 is 2.00 bits per heavy atom. The highest BCUT2D eigenvalue weighted by molar-refractivity contribution is 6.32. The van der Waals surface area contributed by atoms with Crippen LogP contribution >= 0.6 is 23.2 Å². The van der Waals surface area contributed by atoms with E-state index in [9.17, 15) is 9.90 Å².